The summed E-state index contributed by atoms with van der Waals surface area (Å²) in [4.78, 5) is 15.6. The van der Waals surface area contributed by atoms with Gasteiger partial charge in [0.05, 0.1) is 5.92 Å². The minimum Gasteiger partial charge on any atom is -0.481 e. The van der Waals surface area contributed by atoms with Crippen molar-refractivity contribution in [2.45, 2.75) is 12.5 Å². The third kappa shape index (κ3) is 1.39. The van der Waals surface area contributed by atoms with Crippen LogP contribution in [0.1, 0.15) is 6.42 Å². The summed E-state index contributed by atoms with van der Waals surface area (Å²) in [5.74, 6) is 0.102. The molecule has 1 fully saturated rings. The van der Waals surface area contributed by atoms with E-state index in [9.17, 15) is 4.79 Å². The van der Waals surface area contributed by atoms with Crippen LogP contribution in [0.2, 0.25) is 0 Å². The molecule has 4 nitrogen and oxygen atoms in total. The lowest BCUT2D eigenvalue weighted by Gasteiger charge is -2.16. The highest BCUT2D eigenvalue weighted by atomic mass is 16.4. The molecule has 0 radical (unpaired) electrons. The first-order valence-electron chi connectivity index (χ1n) is 4.29. The number of aliphatic carboxylic acids is 1. The van der Waals surface area contributed by atoms with E-state index in [1.54, 1.807) is 0 Å². The van der Waals surface area contributed by atoms with Gasteiger partial charge in [-0.05, 0) is 18.6 Å². The first kappa shape index (κ1) is 8.16. The van der Waals surface area contributed by atoms with Crippen LogP contribution in [0.3, 0.4) is 0 Å². The van der Waals surface area contributed by atoms with Crippen molar-refractivity contribution in [2.24, 2.45) is 5.92 Å². The van der Waals surface area contributed by atoms with Crippen LogP contribution in [-0.2, 0) is 4.79 Å². The Labute approximate surface area is 76.2 Å². The Hall–Kier alpha value is -1.45. The van der Waals surface area contributed by atoms with E-state index < -0.39 is 5.97 Å². The minimum absolute atomic E-state index is 0.163. The summed E-state index contributed by atoms with van der Waals surface area (Å²) >= 11 is 0. The molecule has 1 aromatic rings. The molecule has 70 valence electrons. The van der Waals surface area contributed by atoms with Crippen LogP contribution in [0, 0.1) is 5.92 Å². The second kappa shape index (κ2) is 2.80. The van der Waals surface area contributed by atoms with Crippen LogP contribution in [0.25, 0.3) is 0 Å². The first-order valence-corrected chi connectivity index (χ1v) is 4.29. The van der Waals surface area contributed by atoms with Crippen molar-refractivity contribution < 1.29 is 9.90 Å². The molecule has 2 atom stereocenters. The van der Waals surface area contributed by atoms with Gasteiger partial charge in [-0.1, -0.05) is 0 Å². The van der Waals surface area contributed by atoms with Crippen molar-refractivity contribution in [3.05, 3.63) is 18.3 Å². The zero-order valence-corrected chi connectivity index (χ0v) is 7.40. The number of hydrogen-bond acceptors (Lipinski definition) is 2. The summed E-state index contributed by atoms with van der Waals surface area (Å²) in [7, 11) is 1.92. The number of nitrogens with one attached hydrogen (secondary N) is 1. The maximum absolute atomic E-state index is 10.6. The monoisotopic (exact) mass is 180 g/mol. The number of carbonyl (C=O) groups is 1. The van der Waals surface area contributed by atoms with Gasteiger partial charge in [-0.25, -0.2) is 0 Å². The fraction of sp³-hybridized carbons (Fsp3) is 0.444. The number of anilines is 1. The average molecular weight is 180 g/mol. The lowest BCUT2D eigenvalue weighted by molar-refractivity contribution is -0.138. The molecule has 4 heteroatoms. The van der Waals surface area contributed by atoms with Gasteiger partial charge in [-0.15, -0.1) is 0 Å². The standard InChI is InChI=1S/C9H12N2O2/c1-11(8-3-2-4-10-8)7-5-6(7)9(12)13/h2-4,6-7,10H,5H2,1H3,(H,12,13). The Morgan fingerprint density at radius 1 is 1.77 bits per heavy atom. The molecule has 2 unspecified atom stereocenters. The Morgan fingerprint density at radius 3 is 3.00 bits per heavy atom. The summed E-state index contributed by atoms with van der Waals surface area (Å²) in [5, 5.41) is 8.73. The van der Waals surface area contributed by atoms with Gasteiger partial charge in [0.2, 0.25) is 0 Å². The van der Waals surface area contributed by atoms with Gasteiger partial charge in [-0.2, -0.15) is 0 Å². The second-order valence-electron chi connectivity index (χ2n) is 3.41. The molecule has 13 heavy (non-hydrogen) atoms. The SMILES string of the molecule is CN(c1ccc[nH]1)C1CC1C(=O)O. The first-order chi connectivity index (χ1) is 6.20. The fourth-order valence-corrected chi connectivity index (χ4v) is 1.59. The molecule has 2 N–H and O–H groups in total. The summed E-state index contributed by atoms with van der Waals surface area (Å²) in [6.07, 6.45) is 2.59. The van der Waals surface area contributed by atoms with Gasteiger partial charge in [0.15, 0.2) is 0 Å². The molecule has 1 heterocycles. The number of carboxylic acid groups (broad SMARTS) is 1. The van der Waals surface area contributed by atoms with E-state index in [0.717, 1.165) is 12.2 Å². The highest BCUT2D eigenvalue weighted by Gasteiger charge is 2.46. The van der Waals surface area contributed by atoms with Crippen LogP contribution >= 0.6 is 0 Å². The van der Waals surface area contributed by atoms with Gasteiger partial charge in [0, 0.05) is 19.3 Å². The number of rotatable bonds is 3. The van der Waals surface area contributed by atoms with E-state index in [2.05, 4.69) is 4.98 Å². The minimum atomic E-state index is -0.691. The predicted octanol–water partition coefficient (Wildman–Crippen LogP) is 0.924. The summed E-state index contributed by atoms with van der Waals surface area (Å²) in [6.45, 7) is 0. The van der Waals surface area contributed by atoms with Gasteiger partial charge < -0.3 is 15.0 Å². The molecule has 1 aliphatic carbocycles. The Kier molecular flexibility index (Phi) is 1.76. The average Bonchev–Trinajstić information content (AvgIpc) is 2.72. The molecule has 0 aromatic carbocycles. The van der Waals surface area contributed by atoms with E-state index in [4.69, 9.17) is 5.11 Å². The van der Waals surface area contributed by atoms with E-state index in [0.29, 0.717) is 0 Å². The van der Waals surface area contributed by atoms with E-state index in [-0.39, 0.29) is 12.0 Å². The highest BCUT2D eigenvalue weighted by molar-refractivity contribution is 5.75. The number of H-pyrrole nitrogens is 1. The third-order valence-electron chi connectivity index (χ3n) is 2.53. The van der Waals surface area contributed by atoms with Gasteiger partial charge in [-0.3, -0.25) is 4.79 Å². The number of aromatic amines is 1. The molecule has 1 aliphatic rings. The van der Waals surface area contributed by atoms with Gasteiger partial charge >= 0.3 is 5.97 Å². The Bertz CT molecular complexity index is 307. The number of hydrogen-bond donors (Lipinski definition) is 2. The zero-order chi connectivity index (χ0) is 9.42. The zero-order valence-electron chi connectivity index (χ0n) is 7.40. The molecule has 1 saturated carbocycles. The normalized spacial score (nSPS) is 25.6. The summed E-state index contributed by atoms with van der Waals surface area (Å²) in [5.41, 5.74) is 0. The fourth-order valence-electron chi connectivity index (χ4n) is 1.59. The Morgan fingerprint density at radius 2 is 2.54 bits per heavy atom. The van der Waals surface area contributed by atoms with Crippen LogP contribution in [0.15, 0.2) is 18.3 Å². The van der Waals surface area contributed by atoms with Gasteiger partial charge in [0.25, 0.3) is 0 Å². The molecular formula is C9H12N2O2. The summed E-state index contributed by atoms with van der Waals surface area (Å²) < 4.78 is 0. The van der Waals surface area contributed by atoms with Crippen molar-refractivity contribution in [2.75, 3.05) is 11.9 Å². The third-order valence-corrected chi connectivity index (χ3v) is 2.53. The molecular weight excluding hydrogens is 168 g/mol. The largest absolute Gasteiger partial charge is 0.481 e. The van der Waals surface area contributed by atoms with E-state index >= 15 is 0 Å². The quantitative estimate of drug-likeness (QED) is 0.727. The molecule has 0 amide bonds. The van der Waals surface area contributed by atoms with Crippen LogP contribution < -0.4 is 4.90 Å². The number of carboxylic acids is 1. The van der Waals surface area contributed by atoms with Crippen molar-refractivity contribution >= 4 is 11.8 Å². The van der Waals surface area contributed by atoms with Crippen molar-refractivity contribution in [1.82, 2.24) is 4.98 Å². The highest BCUT2D eigenvalue weighted by Crippen LogP contribution is 2.36. The molecule has 0 aliphatic heterocycles. The predicted molar refractivity (Wildman–Crippen MR) is 48.7 cm³/mol. The van der Waals surface area contributed by atoms with Crippen LogP contribution in [-0.4, -0.2) is 29.1 Å². The van der Waals surface area contributed by atoms with Crippen molar-refractivity contribution in [3.8, 4) is 0 Å². The smallest absolute Gasteiger partial charge is 0.308 e. The maximum atomic E-state index is 10.6. The lowest BCUT2D eigenvalue weighted by atomic mass is 10.4. The van der Waals surface area contributed by atoms with Crippen molar-refractivity contribution in [1.29, 1.82) is 0 Å². The molecule has 0 spiro atoms. The van der Waals surface area contributed by atoms with Crippen LogP contribution in [0.5, 0.6) is 0 Å². The van der Waals surface area contributed by atoms with E-state index in [1.807, 2.05) is 30.3 Å². The molecule has 1 aromatic heterocycles. The molecule has 0 saturated heterocycles. The maximum Gasteiger partial charge on any atom is 0.308 e. The molecule has 0 bridgehead atoms. The van der Waals surface area contributed by atoms with Crippen molar-refractivity contribution in [3.63, 3.8) is 0 Å². The van der Waals surface area contributed by atoms with Gasteiger partial charge in [0.1, 0.15) is 5.82 Å². The number of aromatic nitrogens is 1. The number of nitrogens with zero attached hydrogens (tertiary/aromatic N) is 1. The lowest BCUT2D eigenvalue weighted by Crippen LogP contribution is -2.23. The topological polar surface area (TPSA) is 56.3 Å². The van der Waals surface area contributed by atoms with E-state index in [1.165, 1.54) is 0 Å². The second-order valence-corrected chi connectivity index (χ2v) is 3.41. The summed E-state index contributed by atoms with van der Waals surface area (Å²) in [6, 6.07) is 4.01. The van der Waals surface area contributed by atoms with Crippen LogP contribution in [0.4, 0.5) is 5.82 Å². The molecule has 2 rings (SSSR count). The Balaban J connectivity index is 2.01.